The lowest BCUT2D eigenvalue weighted by molar-refractivity contribution is 0.321. The van der Waals surface area contributed by atoms with Crippen LogP contribution in [-0.2, 0) is 12.8 Å². The predicted molar refractivity (Wildman–Crippen MR) is 77.8 cm³/mol. The summed E-state index contributed by atoms with van der Waals surface area (Å²) in [5.41, 5.74) is 0. The van der Waals surface area contributed by atoms with Crippen LogP contribution in [0.15, 0.2) is 30.3 Å². The first-order valence-corrected chi connectivity index (χ1v) is 7.40. The molecule has 0 saturated carbocycles. The number of rotatable bonds is 8. The summed E-state index contributed by atoms with van der Waals surface area (Å²) in [6, 6.07) is 9.84. The SMILES string of the molecule is CCNCCc1nnc(CCOc2ccccc2)s1. The van der Waals surface area contributed by atoms with Crippen LogP contribution in [0.4, 0.5) is 0 Å². The van der Waals surface area contributed by atoms with Gasteiger partial charge in [-0.1, -0.05) is 25.1 Å². The Morgan fingerprint density at radius 1 is 1.11 bits per heavy atom. The third-order valence-corrected chi connectivity index (χ3v) is 3.64. The van der Waals surface area contributed by atoms with Gasteiger partial charge in [-0.05, 0) is 18.7 Å². The molecule has 1 N–H and O–H groups in total. The van der Waals surface area contributed by atoms with E-state index in [1.54, 1.807) is 11.3 Å². The fourth-order valence-electron chi connectivity index (χ4n) is 1.64. The Labute approximate surface area is 117 Å². The van der Waals surface area contributed by atoms with Crippen LogP contribution in [0.2, 0.25) is 0 Å². The fourth-order valence-corrected chi connectivity index (χ4v) is 2.46. The predicted octanol–water partition coefficient (Wildman–Crippen LogP) is 2.31. The fraction of sp³-hybridized carbons (Fsp3) is 0.429. The summed E-state index contributed by atoms with van der Waals surface area (Å²) < 4.78 is 5.64. The number of benzene rings is 1. The highest BCUT2D eigenvalue weighted by molar-refractivity contribution is 7.11. The zero-order chi connectivity index (χ0) is 13.3. The van der Waals surface area contributed by atoms with E-state index in [1.807, 2.05) is 30.3 Å². The topological polar surface area (TPSA) is 47.0 Å². The molecule has 0 aliphatic carbocycles. The molecule has 0 bridgehead atoms. The van der Waals surface area contributed by atoms with E-state index in [0.29, 0.717) is 6.61 Å². The Hall–Kier alpha value is -1.46. The smallest absolute Gasteiger partial charge is 0.120 e. The molecule has 0 atom stereocenters. The standard InChI is InChI=1S/C14H19N3OS/c1-2-15-10-8-13-16-17-14(19-13)9-11-18-12-6-4-3-5-7-12/h3-7,15H,2,8-11H2,1H3. The average molecular weight is 277 g/mol. The van der Waals surface area contributed by atoms with Crippen molar-refractivity contribution in [3.63, 3.8) is 0 Å². The van der Waals surface area contributed by atoms with Crippen molar-refractivity contribution in [1.29, 1.82) is 0 Å². The molecule has 0 radical (unpaired) electrons. The molecule has 0 aliphatic rings. The first-order chi connectivity index (χ1) is 9.38. The van der Waals surface area contributed by atoms with Crippen molar-refractivity contribution >= 4 is 11.3 Å². The second-order valence-electron chi connectivity index (χ2n) is 4.10. The number of likely N-dealkylation sites (N-methyl/N-ethyl adjacent to an activating group) is 1. The zero-order valence-corrected chi connectivity index (χ0v) is 11.9. The number of hydrogen-bond acceptors (Lipinski definition) is 5. The Bertz CT molecular complexity index is 473. The first-order valence-electron chi connectivity index (χ1n) is 6.58. The average Bonchev–Trinajstić information content (AvgIpc) is 2.88. The number of para-hydroxylation sites is 1. The van der Waals surface area contributed by atoms with Crippen molar-refractivity contribution in [2.24, 2.45) is 0 Å². The molecule has 1 heterocycles. The van der Waals surface area contributed by atoms with Crippen LogP contribution in [0.5, 0.6) is 5.75 Å². The highest BCUT2D eigenvalue weighted by atomic mass is 32.1. The van der Waals surface area contributed by atoms with E-state index < -0.39 is 0 Å². The number of hydrogen-bond donors (Lipinski definition) is 1. The van der Waals surface area contributed by atoms with Crippen LogP contribution in [0.25, 0.3) is 0 Å². The molecule has 4 nitrogen and oxygen atoms in total. The van der Waals surface area contributed by atoms with Crippen LogP contribution < -0.4 is 10.1 Å². The highest BCUT2D eigenvalue weighted by Crippen LogP contribution is 2.12. The molecule has 2 rings (SSSR count). The summed E-state index contributed by atoms with van der Waals surface area (Å²) in [5.74, 6) is 0.902. The van der Waals surface area contributed by atoms with Gasteiger partial charge < -0.3 is 10.1 Å². The molecule has 1 aromatic heterocycles. The monoisotopic (exact) mass is 277 g/mol. The van der Waals surface area contributed by atoms with Gasteiger partial charge in [0.15, 0.2) is 0 Å². The second kappa shape index (κ2) is 7.86. The van der Waals surface area contributed by atoms with E-state index in [9.17, 15) is 0 Å². The quantitative estimate of drug-likeness (QED) is 0.752. The lowest BCUT2D eigenvalue weighted by Crippen LogP contribution is -2.15. The van der Waals surface area contributed by atoms with Crippen LogP contribution in [-0.4, -0.2) is 29.9 Å². The lowest BCUT2D eigenvalue weighted by atomic mass is 10.3. The Balaban J connectivity index is 1.71. The Morgan fingerprint density at radius 3 is 2.58 bits per heavy atom. The summed E-state index contributed by atoms with van der Waals surface area (Å²) >= 11 is 1.68. The largest absolute Gasteiger partial charge is 0.493 e. The van der Waals surface area contributed by atoms with Crippen LogP contribution >= 0.6 is 11.3 Å². The lowest BCUT2D eigenvalue weighted by Gasteiger charge is -2.03. The van der Waals surface area contributed by atoms with Crippen LogP contribution in [0.3, 0.4) is 0 Å². The van der Waals surface area contributed by atoms with Crippen molar-refractivity contribution in [2.45, 2.75) is 19.8 Å². The van der Waals surface area contributed by atoms with Crippen molar-refractivity contribution < 1.29 is 4.74 Å². The van der Waals surface area contributed by atoms with Gasteiger partial charge in [0, 0.05) is 19.4 Å². The number of aromatic nitrogens is 2. The second-order valence-corrected chi connectivity index (χ2v) is 5.25. The van der Waals surface area contributed by atoms with Gasteiger partial charge in [-0.2, -0.15) is 0 Å². The Morgan fingerprint density at radius 2 is 1.84 bits per heavy atom. The normalized spacial score (nSPS) is 10.6. The van der Waals surface area contributed by atoms with Gasteiger partial charge in [-0.3, -0.25) is 0 Å². The molecule has 19 heavy (non-hydrogen) atoms. The summed E-state index contributed by atoms with van der Waals surface area (Å²) in [5, 5.41) is 13.8. The number of nitrogens with one attached hydrogen (secondary N) is 1. The minimum absolute atomic E-state index is 0.645. The third-order valence-electron chi connectivity index (χ3n) is 2.60. The summed E-state index contributed by atoms with van der Waals surface area (Å²) in [7, 11) is 0. The third kappa shape index (κ3) is 4.96. The van der Waals surface area contributed by atoms with Gasteiger partial charge in [-0.25, -0.2) is 0 Å². The van der Waals surface area contributed by atoms with E-state index in [4.69, 9.17) is 4.74 Å². The van der Waals surface area contributed by atoms with Gasteiger partial charge in [0.05, 0.1) is 6.61 Å². The van der Waals surface area contributed by atoms with Gasteiger partial charge in [-0.15, -0.1) is 21.5 Å². The maximum atomic E-state index is 5.64. The summed E-state index contributed by atoms with van der Waals surface area (Å²) in [4.78, 5) is 0. The maximum absolute atomic E-state index is 5.64. The molecule has 0 amide bonds. The van der Waals surface area contributed by atoms with Crippen LogP contribution in [0, 0.1) is 0 Å². The molecule has 1 aromatic carbocycles. The molecule has 0 unspecified atom stereocenters. The molecular formula is C14H19N3OS. The van der Waals surface area contributed by atoms with Crippen molar-refractivity contribution in [2.75, 3.05) is 19.7 Å². The molecule has 2 aromatic rings. The summed E-state index contributed by atoms with van der Waals surface area (Å²) in [6.07, 6.45) is 1.76. The molecule has 5 heteroatoms. The minimum atomic E-state index is 0.645. The van der Waals surface area contributed by atoms with E-state index in [1.165, 1.54) is 0 Å². The van der Waals surface area contributed by atoms with E-state index >= 15 is 0 Å². The number of ether oxygens (including phenoxy) is 1. The molecule has 0 aliphatic heterocycles. The summed E-state index contributed by atoms with van der Waals surface area (Å²) in [6.45, 7) is 4.71. The van der Waals surface area contributed by atoms with E-state index in [0.717, 1.165) is 41.7 Å². The van der Waals surface area contributed by atoms with Gasteiger partial charge in [0.2, 0.25) is 0 Å². The van der Waals surface area contributed by atoms with Gasteiger partial charge >= 0.3 is 0 Å². The van der Waals surface area contributed by atoms with Crippen molar-refractivity contribution in [1.82, 2.24) is 15.5 Å². The first kappa shape index (κ1) is 14.0. The van der Waals surface area contributed by atoms with Crippen molar-refractivity contribution in [3.8, 4) is 5.75 Å². The highest BCUT2D eigenvalue weighted by Gasteiger charge is 2.04. The molecule has 0 saturated heterocycles. The van der Waals surface area contributed by atoms with E-state index in [-0.39, 0.29) is 0 Å². The maximum Gasteiger partial charge on any atom is 0.120 e. The van der Waals surface area contributed by atoms with Gasteiger partial charge in [0.25, 0.3) is 0 Å². The molecule has 102 valence electrons. The molecular weight excluding hydrogens is 258 g/mol. The van der Waals surface area contributed by atoms with E-state index in [2.05, 4.69) is 22.4 Å². The molecule has 0 fully saturated rings. The van der Waals surface area contributed by atoms with Crippen molar-refractivity contribution in [3.05, 3.63) is 40.3 Å². The molecule has 0 spiro atoms. The zero-order valence-electron chi connectivity index (χ0n) is 11.1. The van der Waals surface area contributed by atoms with Crippen LogP contribution in [0.1, 0.15) is 16.9 Å². The minimum Gasteiger partial charge on any atom is -0.493 e. The number of nitrogens with zero attached hydrogens (tertiary/aromatic N) is 2. The van der Waals surface area contributed by atoms with Gasteiger partial charge in [0.1, 0.15) is 15.8 Å². The Kier molecular flexibility index (Phi) is 5.78.